The number of allylic oxidation sites excluding steroid dienone is 1. The molecule has 0 fully saturated rings. The molecule has 0 spiro atoms. The molecule has 1 heteroatoms. The van der Waals surface area contributed by atoms with Gasteiger partial charge in [-0.3, -0.25) is 0 Å². The average Bonchev–Trinajstić information content (AvgIpc) is 3.04. The fraction of sp³-hybridized carbons (Fsp3) is 0.317. The predicted octanol–water partition coefficient (Wildman–Crippen LogP) is 12.6. The molecule has 1 nitrogen and oxygen atoms in total. The smallest absolute Gasteiger partial charge is 0.0462 e. The van der Waals surface area contributed by atoms with Gasteiger partial charge in [0.25, 0.3) is 0 Å². The monoisotopic (exact) mass is 555 g/mol. The lowest BCUT2D eigenvalue weighted by Crippen LogP contribution is -2.19. The molecule has 42 heavy (non-hydrogen) atoms. The van der Waals surface area contributed by atoms with E-state index < -0.39 is 0 Å². The Balaban J connectivity index is 1.55. The molecule has 4 aromatic rings. The SMILES string of the molecule is CCC(C)(/C=C\c1ccc(/C=C\c2ccc(N(c3ccc(C)cc3)c3ccc(C(C)(CC)CC)cc3)cc2)cc1)CC. The van der Waals surface area contributed by atoms with Gasteiger partial charge in [0.1, 0.15) is 0 Å². The summed E-state index contributed by atoms with van der Waals surface area (Å²) in [4.78, 5) is 2.35. The Morgan fingerprint density at radius 2 is 0.881 bits per heavy atom. The van der Waals surface area contributed by atoms with E-state index in [4.69, 9.17) is 0 Å². The number of aryl methyl sites for hydroxylation is 1. The van der Waals surface area contributed by atoms with E-state index in [2.05, 4.69) is 175 Å². The van der Waals surface area contributed by atoms with Crippen LogP contribution < -0.4 is 4.90 Å². The third kappa shape index (κ3) is 7.51. The van der Waals surface area contributed by atoms with Crippen LogP contribution in [0, 0.1) is 12.3 Å². The zero-order valence-electron chi connectivity index (χ0n) is 26.8. The zero-order chi connectivity index (χ0) is 30.2. The van der Waals surface area contributed by atoms with Gasteiger partial charge in [-0.1, -0.05) is 132 Å². The van der Waals surface area contributed by atoms with Crippen LogP contribution in [0.5, 0.6) is 0 Å². The fourth-order valence-electron chi connectivity index (χ4n) is 5.24. The quantitative estimate of drug-likeness (QED) is 0.157. The van der Waals surface area contributed by atoms with Crippen molar-refractivity contribution >= 4 is 35.3 Å². The highest BCUT2D eigenvalue weighted by molar-refractivity contribution is 5.78. The van der Waals surface area contributed by atoms with Gasteiger partial charge in [0.05, 0.1) is 0 Å². The van der Waals surface area contributed by atoms with Crippen molar-refractivity contribution in [1.82, 2.24) is 0 Å². The van der Waals surface area contributed by atoms with Crippen molar-refractivity contribution in [3.63, 3.8) is 0 Å². The van der Waals surface area contributed by atoms with Crippen LogP contribution in [-0.2, 0) is 5.41 Å². The molecule has 0 radical (unpaired) electrons. The van der Waals surface area contributed by atoms with Gasteiger partial charge >= 0.3 is 0 Å². The molecule has 0 aliphatic rings. The molecule has 218 valence electrons. The molecule has 0 unspecified atom stereocenters. The molecule has 0 aliphatic carbocycles. The van der Waals surface area contributed by atoms with Crippen molar-refractivity contribution in [2.45, 2.75) is 79.6 Å². The number of anilines is 3. The molecule has 4 aromatic carbocycles. The lowest BCUT2D eigenvalue weighted by molar-refractivity contribution is 0.398. The van der Waals surface area contributed by atoms with Crippen LogP contribution in [0.3, 0.4) is 0 Å². The Bertz CT molecular complexity index is 1440. The standard InChI is InChI=1S/C41H49N/c1-8-40(6,9-2)31-30-35-18-16-33(17-19-35)14-15-34-20-26-38(27-21-34)42(37-24-12-32(5)13-25-37)39-28-22-36(23-29-39)41(7,10-3)11-4/h12-31H,8-11H2,1-7H3/b15-14-,31-30-. The minimum absolute atomic E-state index is 0.212. The molecule has 0 atom stereocenters. The maximum absolute atomic E-state index is 2.37. The van der Waals surface area contributed by atoms with Gasteiger partial charge in [0, 0.05) is 17.1 Å². The molecule has 0 saturated carbocycles. The van der Waals surface area contributed by atoms with E-state index >= 15 is 0 Å². The summed E-state index contributed by atoms with van der Waals surface area (Å²) in [5.41, 5.74) is 10.3. The van der Waals surface area contributed by atoms with Gasteiger partial charge < -0.3 is 4.90 Å². The van der Waals surface area contributed by atoms with E-state index in [0.717, 1.165) is 37.1 Å². The molecule has 0 aliphatic heterocycles. The van der Waals surface area contributed by atoms with Crippen molar-refractivity contribution in [2.75, 3.05) is 4.90 Å². The summed E-state index contributed by atoms with van der Waals surface area (Å²) < 4.78 is 0. The van der Waals surface area contributed by atoms with Gasteiger partial charge in [-0.15, -0.1) is 0 Å². The Labute approximate surface area is 255 Å². The zero-order valence-corrected chi connectivity index (χ0v) is 26.8. The van der Waals surface area contributed by atoms with Gasteiger partial charge in [-0.05, 0) is 102 Å². The van der Waals surface area contributed by atoms with Gasteiger partial charge in [-0.2, -0.15) is 0 Å². The minimum Gasteiger partial charge on any atom is -0.311 e. The number of hydrogen-bond acceptors (Lipinski definition) is 1. The van der Waals surface area contributed by atoms with E-state index in [1.54, 1.807) is 0 Å². The van der Waals surface area contributed by atoms with Crippen molar-refractivity contribution in [1.29, 1.82) is 0 Å². The summed E-state index contributed by atoms with van der Waals surface area (Å²) in [6.07, 6.45) is 13.6. The highest BCUT2D eigenvalue weighted by Gasteiger charge is 2.22. The van der Waals surface area contributed by atoms with Gasteiger partial charge in [0.2, 0.25) is 0 Å². The van der Waals surface area contributed by atoms with Crippen molar-refractivity contribution in [2.24, 2.45) is 5.41 Å². The predicted molar refractivity (Wildman–Crippen MR) is 187 cm³/mol. The first-order chi connectivity index (χ1) is 20.2. The molecular weight excluding hydrogens is 506 g/mol. The molecule has 0 bridgehead atoms. The lowest BCUT2D eigenvalue weighted by atomic mass is 9.78. The van der Waals surface area contributed by atoms with Crippen LogP contribution >= 0.6 is 0 Å². The summed E-state index contributed by atoms with van der Waals surface area (Å²) in [6, 6.07) is 35.7. The van der Waals surface area contributed by atoms with Crippen molar-refractivity contribution < 1.29 is 0 Å². The van der Waals surface area contributed by atoms with Crippen LogP contribution in [0.4, 0.5) is 17.1 Å². The largest absolute Gasteiger partial charge is 0.311 e. The fourth-order valence-corrected chi connectivity index (χ4v) is 5.24. The van der Waals surface area contributed by atoms with Gasteiger partial charge in [-0.25, -0.2) is 0 Å². The van der Waals surface area contributed by atoms with Crippen LogP contribution in [-0.4, -0.2) is 0 Å². The van der Waals surface area contributed by atoms with Crippen molar-refractivity contribution in [3.8, 4) is 0 Å². The van der Waals surface area contributed by atoms with E-state index in [-0.39, 0.29) is 10.8 Å². The second kappa shape index (κ2) is 13.9. The van der Waals surface area contributed by atoms with Gasteiger partial charge in [0.15, 0.2) is 0 Å². The lowest BCUT2D eigenvalue weighted by Gasteiger charge is -2.29. The first-order valence-electron chi connectivity index (χ1n) is 15.8. The first kappa shape index (κ1) is 31.1. The van der Waals surface area contributed by atoms with Crippen LogP contribution in [0.15, 0.2) is 103 Å². The molecule has 0 N–H and O–H groups in total. The second-order valence-corrected chi connectivity index (χ2v) is 12.3. The highest BCUT2D eigenvalue weighted by Crippen LogP contribution is 2.37. The number of rotatable bonds is 12. The van der Waals surface area contributed by atoms with E-state index in [0.29, 0.717) is 0 Å². The molecule has 0 saturated heterocycles. The van der Waals surface area contributed by atoms with Crippen LogP contribution in [0.25, 0.3) is 18.2 Å². The third-order valence-electron chi connectivity index (χ3n) is 9.52. The van der Waals surface area contributed by atoms with E-state index in [1.165, 1.54) is 33.5 Å². The number of hydrogen-bond donors (Lipinski definition) is 0. The maximum atomic E-state index is 2.37. The normalized spacial score (nSPS) is 12.4. The summed E-state index contributed by atoms with van der Waals surface area (Å²) in [5.74, 6) is 0. The van der Waals surface area contributed by atoms with Crippen LogP contribution in [0.2, 0.25) is 0 Å². The third-order valence-corrected chi connectivity index (χ3v) is 9.52. The topological polar surface area (TPSA) is 3.24 Å². The molecule has 0 heterocycles. The molecular formula is C41H49N. The minimum atomic E-state index is 0.212. The molecule has 0 amide bonds. The Kier molecular flexibility index (Phi) is 10.3. The first-order valence-corrected chi connectivity index (χ1v) is 15.8. The molecule has 4 rings (SSSR count). The highest BCUT2D eigenvalue weighted by atomic mass is 15.1. The van der Waals surface area contributed by atoms with Crippen LogP contribution in [0.1, 0.15) is 95.0 Å². The Morgan fingerprint density at radius 3 is 1.31 bits per heavy atom. The van der Waals surface area contributed by atoms with E-state index in [1.807, 2.05) is 0 Å². The summed E-state index contributed by atoms with van der Waals surface area (Å²) in [7, 11) is 0. The Morgan fingerprint density at radius 1 is 0.500 bits per heavy atom. The van der Waals surface area contributed by atoms with E-state index in [9.17, 15) is 0 Å². The van der Waals surface area contributed by atoms with Crippen molar-refractivity contribution in [3.05, 3.63) is 131 Å². The number of nitrogens with zero attached hydrogens (tertiary/aromatic N) is 1. The Hall–Kier alpha value is -3.84. The maximum Gasteiger partial charge on any atom is 0.0462 e. The summed E-state index contributed by atoms with van der Waals surface area (Å²) in [5, 5.41) is 0. The average molecular weight is 556 g/mol. The summed E-state index contributed by atoms with van der Waals surface area (Å²) in [6.45, 7) is 15.9. The number of benzene rings is 4. The molecule has 0 aromatic heterocycles. The second-order valence-electron chi connectivity index (χ2n) is 12.3. The summed E-state index contributed by atoms with van der Waals surface area (Å²) >= 11 is 0.